The van der Waals surface area contributed by atoms with Gasteiger partial charge in [0.05, 0.1) is 5.92 Å². The number of carboxylic acid groups (broad SMARTS) is 1. The van der Waals surface area contributed by atoms with E-state index < -0.39 is 11.9 Å². The molecule has 1 aliphatic carbocycles. The van der Waals surface area contributed by atoms with E-state index in [0.717, 1.165) is 5.56 Å². The standard InChI is InChI=1S/C15H18FNO3/c16-13-3-1-2-10(8-13)6-7-17-14(18)11-4-5-12(9-11)15(19)20/h1-3,8,11-12H,4-7,9H2,(H,17,18)(H,19,20)/t11-,12+/m1/s1. The van der Waals surface area contributed by atoms with Crippen LogP contribution in [0.5, 0.6) is 0 Å². The van der Waals surface area contributed by atoms with E-state index in [1.54, 1.807) is 6.07 Å². The Labute approximate surface area is 117 Å². The van der Waals surface area contributed by atoms with Crippen molar-refractivity contribution in [2.24, 2.45) is 11.8 Å². The van der Waals surface area contributed by atoms with E-state index in [1.807, 2.05) is 6.07 Å². The van der Waals surface area contributed by atoms with Gasteiger partial charge in [-0.25, -0.2) is 4.39 Å². The third-order valence-corrected chi connectivity index (χ3v) is 3.75. The number of nitrogens with one attached hydrogen (secondary N) is 1. The van der Waals surface area contributed by atoms with Crippen LogP contribution in [0, 0.1) is 17.7 Å². The molecule has 0 heterocycles. The number of carboxylic acids is 1. The van der Waals surface area contributed by atoms with Crippen LogP contribution in [0.3, 0.4) is 0 Å². The molecule has 2 N–H and O–H groups in total. The SMILES string of the molecule is O=C(O)[C@H]1CC[C@@H](C(=O)NCCc2cccc(F)c2)C1. The van der Waals surface area contributed by atoms with Crippen LogP contribution in [-0.4, -0.2) is 23.5 Å². The highest BCUT2D eigenvalue weighted by molar-refractivity contribution is 5.80. The lowest BCUT2D eigenvalue weighted by Crippen LogP contribution is -2.31. The minimum atomic E-state index is -0.819. The first-order valence-corrected chi connectivity index (χ1v) is 6.81. The summed E-state index contributed by atoms with van der Waals surface area (Å²) in [4.78, 5) is 22.7. The molecule has 1 aliphatic rings. The van der Waals surface area contributed by atoms with E-state index in [1.165, 1.54) is 12.1 Å². The smallest absolute Gasteiger partial charge is 0.306 e. The van der Waals surface area contributed by atoms with Gasteiger partial charge >= 0.3 is 5.97 Å². The molecular weight excluding hydrogens is 261 g/mol. The van der Waals surface area contributed by atoms with Crippen LogP contribution in [0.2, 0.25) is 0 Å². The van der Waals surface area contributed by atoms with E-state index >= 15 is 0 Å². The Bertz CT molecular complexity index is 504. The van der Waals surface area contributed by atoms with Crippen molar-refractivity contribution >= 4 is 11.9 Å². The van der Waals surface area contributed by atoms with Crippen LogP contribution in [0.1, 0.15) is 24.8 Å². The number of halogens is 1. The number of carbonyl (C=O) groups is 2. The second-order valence-electron chi connectivity index (χ2n) is 5.22. The number of carbonyl (C=O) groups excluding carboxylic acids is 1. The van der Waals surface area contributed by atoms with E-state index in [0.29, 0.717) is 32.2 Å². The number of aliphatic carboxylic acids is 1. The fraction of sp³-hybridized carbons (Fsp3) is 0.467. The summed E-state index contributed by atoms with van der Waals surface area (Å²) >= 11 is 0. The van der Waals surface area contributed by atoms with Crippen LogP contribution in [0.25, 0.3) is 0 Å². The first kappa shape index (κ1) is 14.5. The Hall–Kier alpha value is -1.91. The van der Waals surface area contributed by atoms with Crippen LogP contribution in [-0.2, 0) is 16.0 Å². The van der Waals surface area contributed by atoms with Crippen molar-refractivity contribution in [2.75, 3.05) is 6.54 Å². The van der Waals surface area contributed by atoms with E-state index in [2.05, 4.69) is 5.32 Å². The van der Waals surface area contributed by atoms with E-state index in [9.17, 15) is 14.0 Å². The van der Waals surface area contributed by atoms with Crippen molar-refractivity contribution in [3.05, 3.63) is 35.6 Å². The monoisotopic (exact) mass is 279 g/mol. The first-order valence-electron chi connectivity index (χ1n) is 6.81. The summed E-state index contributed by atoms with van der Waals surface area (Å²) in [5.41, 5.74) is 0.833. The molecular formula is C15H18FNO3. The molecule has 5 heteroatoms. The quantitative estimate of drug-likeness (QED) is 0.866. The topological polar surface area (TPSA) is 66.4 Å². The molecule has 108 valence electrons. The molecule has 0 spiro atoms. The molecule has 1 aromatic rings. The maximum atomic E-state index is 13.0. The third kappa shape index (κ3) is 3.79. The summed E-state index contributed by atoms with van der Waals surface area (Å²) in [6.07, 6.45) is 2.18. The zero-order valence-corrected chi connectivity index (χ0v) is 11.1. The normalized spacial score (nSPS) is 21.6. The summed E-state index contributed by atoms with van der Waals surface area (Å²) in [5.74, 6) is -1.79. The highest BCUT2D eigenvalue weighted by Gasteiger charge is 2.33. The Morgan fingerprint density at radius 1 is 1.30 bits per heavy atom. The van der Waals surface area contributed by atoms with Crippen molar-refractivity contribution in [1.29, 1.82) is 0 Å². The number of benzene rings is 1. The fourth-order valence-electron chi connectivity index (χ4n) is 2.61. The fourth-order valence-corrected chi connectivity index (χ4v) is 2.61. The number of rotatable bonds is 5. The summed E-state index contributed by atoms with van der Waals surface area (Å²) in [5, 5.41) is 11.7. The van der Waals surface area contributed by atoms with Crippen molar-refractivity contribution in [2.45, 2.75) is 25.7 Å². The predicted molar refractivity (Wildman–Crippen MR) is 71.6 cm³/mol. The molecule has 1 amide bonds. The van der Waals surface area contributed by atoms with Gasteiger partial charge in [0.1, 0.15) is 5.82 Å². The summed E-state index contributed by atoms with van der Waals surface area (Å²) in [6.45, 7) is 0.441. The van der Waals surface area contributed by atoms with Gasteiger partial charge in [-0.05, 0) is 43.4 Å². The van der Waals surface area contributed by atoms with Gasteiger partial charge in [-0.1, -0.05) is 12.1 Å². The average Bonchev–Trinajstić information content (AvgIpc) is 2.88. The number of amides is 1. The van der Waals surface area contributed by atoms with Gasteiger partial charge < -0.3 is 10.4 Å². The van der Waals surface area contributed by atoms with Crippen LogP contribution >= 0.6 is 0 Å². The summed E-state index contributed by atoms with van der Waals surface area (Å²) in [6, 6.07) is 6.28. The largest absolute Gasteiger partial charge is 0.481 e. The number of hydrogen-bond acceptors (Lipinski definition) is 2. The maximum Gasteiger partial charge on any atom is 0.306 e. The second kappa shape index (κ2) is 6.50. The summed E-state index contributed by atoms with van der Waals surface area (Å²) < 4.78 is 13.0. The Morgan fingerprint density at radius 3 is 2.70 bits per heavy atom. The molecule has 0 aromatic heterocycles. The molecule has 2 atom stereocenters. The van der Waals surface area contributed by atoms with Gasteiger partial charge in [0.15, 0.2) is 0 Å². The van der Waals surface area contributed by atoms with Crippen molar-refractivity contribution in [1.82, 2.24) is 5.32 Å². The maximum absolute atomic E-state index is 13.0. The molecule has 1 fully saturated rings. The van der Waals surface area contributed by atoms with Crippen LogP contribution < -0.4 is 5.32 Å². The number of hydrogen-bond donors (Lipinski definition) is 2. The lowest BCUT2D eigenvalue weighted by molar-refractivity contribution is -0.141. The van der Waals surface area contributed by atoms with E-state index in [4.69, 9.17) is 5.11 Å². The third-order valence-electron chi connectivity index (χ3n) is 3.75. The molecule has 0 bridgehead atoms. The van der Waals surface area contributed by atoms with Crippen LogP contribution in [0.4, 0.5) is 4.39 Å². The molecule has 1 aromatic carbocycles. The van der Waals surface area contributed by atoms with Gasteiger partial charge in [0.25, 0.3) is 0 Å². The van der Waals surface area contributed by atoms with Crippen molar-refractivity contribution < 1.29 is 19.1 Å². The Morgan fingerprint density at radius 2 is 2.05 bits per heavy atom. The highest BCUT2D eigenvalue weighted by atomic mass is 19.1. The van der Waals surface area contributed by atoms with Crippen molar-refractivity contribution in [3.63, 3.8) is 0 Å². The van der Waals surface area contributed by atoms with Crippen LogP contribution in [0.15, 0.2) is 24.3 Å². The van der Waals surface area contributed by atoms with Gasteiger partial charge in [-0.3, -0.25) is 9.59 Å². The zero-order chi connectivity index (χ0) is 14.5. The molecule has 20 heavy (non-hydrogen) atoms. The minimum absolute atomic E-state index is 0.0925. The Kier molecular flexibility index (Phi) is 4.71. The molecule has 0 radical (unpaired) electrons. The minimum Gasteiger partial charge on any atom is -0.481 e. The molecule has 2 rings (SSSR count). The lowest BCUT2D eigenvalue weighted by atomic mass is 10.0. The van der Waals surface area contributed by atoms with Crippen molar-refractivity contribution in [3.8, 4) is 0 Å². The average molecular weight is 279 g/mol. The van der Waals surface area contributed by atoms with Gasteiger partial charge in [-0.2, -0.15) is 0 Å². The summed E-state index contributed by atoms with van der Waals surface area (Å²) in [7, 11) is 0. The van der Waals surface area contributed by atoms with E-state index in [-0.39, 0.29) is 17.6 Å². The Balaban J connectivity index is 1.75. The lowest BCUT2D eigenvalue weighted by Gasteiger charge is -2.10. The molecule has 0 unspecified atom stereocenters. The molecule has 1 saturated carbocycles. The molecule has 0 saturated heterocycles. The molecule has 0 aliphatic heterocycles. The second-order valence-corrected chi connectivity index (χ2v) is 5.22. The highest BCUT2D eigenvalue weighted by Crippen LogP contribution is 2.31. The first-order chi connectivity index (χ1) is 9.56. The zero-order valence-electron chi connectivity index (χ0n) is 11.1. The van der Waals surface area contributed by atoms with Gasteiger partial charge in [0, 0.05) is 12.5 Å². The van der Waals surface area contributed by atoms with Gasteiger partial charge in [0.2, 0.25) is 5.91 Å². The predicted octanol–water partition coefficient (Wildman–Crippen LogP) is 1.99. The van der Waals surface area contributed by atoms with Gasteiger partial charge in [-0.15, -0.1) is 0 Å². The molecule has 4 nitrogen and oxygen atoms in total.